The fraction of sp³-hybridized carbons (Fsp3) is 0.889. The van der Waals surface area contributed by atoms with Crippen LogP contribution in [-0.2, 0) is 9.53 Å². The summed E-state index contributed by atoms with van der Waals surface area (Å²) >= 11 is 0. The number of aliphatic hydroxyl groups excluding tert-OH is 2. The van der Waals surface area contributed by atoms with Crippen molar-refractivity contribution in [3.63, 3.8) is 0 Å². The Kier molecular flexibility index (Phi) is 4.86. The predicted octanol–water partition coefficient (Wildman–Crippen LogP) is -0.975. The van der Waals surface area contributed by atoms with E-state index >= 15 is 0 Å². The Morgan fingerprint density at radius 1 is 1.43 bits per heavy atom. The van der Waals surface area contributed by atoms with Crippen LogP contribution in [0.2, 0.25) is 0 Å². The Labute approximate surface area is 83.1 Å². The zero-order valence-electron chi connectivity index (χ0n) is 8.11. The van der Waals surface area contributed by atoms with Crippen LogP contribution in [-0.4, -0.2) is 48.1 Å². The summed E-state index contributed by atoms with van der Waals surface area (Å²) in [5, 5.41) is 20.0. The molecule has 1 heterocycles. The number of carbonyl (C=O) groups is 1. The number of carbonyl (C=O) groups excluding carboxylic acids is 1. The molecule has 0 aromatic heterocycles. The Morgan fingerprint density at radius 3 is 2.64 bits per heavy atom. The van der Waals surface area contributed by atoms with Crippen molar-refractivity contribution in [3.05, 3.63) is 0 Å². The van der Waals surface area contributed by atoms with Gasteiger partial charge in [-0.05, 0) is 19.3 Å². The van der Waals surface area contributed by atoms with Crippen molar-refractivity contribution in [2.75, 3.05) is 19.8 Å². The van der Waals surface area contributed by atoms with Crippen LogP contribution in [0.4, 0.5) is 0 Å². The molecule has 0 aromatic carbocycles. The molecule has 1 aliphatic heterocycles. The number of hydrogen-bond donors (Lipinski definition) is 3. The second-order valence-corrected chi connectivity index (χ2v) is 3.43. The number of amides is 1. The second-order valence-electron chi connectivity index (χ2n) is 3.43. The third kappa shape index (κ3) is 3.25. The first-order valence-corrected chi connectivity index (χ1v) is 4.91. The molecule has 0 aromatic rings. The fourth-order valence-corrected chi connectivity index (χ4v) is 1.39. The van der Waals surface area contributed by atoms with E-state index in [1.807, 2.05) is 0 Å². The summed E-state index contributed by atoms with van der Waals surface area (Å²) in [6, 6.07) is -0.576. The van der Waals surface area contributed by atoms with Gasteiger partial charge in [-0.1, -0.05) is 0 Å². The van der Waals surface area contributed by atoms with Gasteiger partial charge in [0.05, 0.1) is 19.3 Å². The average molecular weight is 203 g/mol. The zero-order valence-corrected chi connectivity index (χ0v) is 8.11. The van der Waals surface area contributed by atoms with Gasteiger partial charge in [0.15, 0.2) is 0 Å². The maximum Gasteiger partial charge on any atom is 0.249 e. The molecule has 0 radical (unpaired) electrons. The lowest BCUT2D eigenvalue weighted by Gasteiger charge is -2.23. The number of rotatable bonds is 4. The van der Waals surface area contributed by atoms with E-state index in [0.29, 0.717) is 6.61 Å². The molecule has 1 rings (SSSR count). The van der Waals surface area contributed by atoms with Crippen LogP contribution in [0, 0.1) is 0 Å². The Balaban J connectivity index is 2.32. The Hall–Kier alpha value is -0.650. The van der Waals surface area contributed by atoms with Crippen LogP contribution in [0.25, 0.3) is 0 Å². The molecule has 1 saturated heterocycles. The van der Waals surface area contributed by atoms with Crippen molar-refractivity contribution in [1.29, 1.82) is 0 Å². The molecular weight excluding hydrogens is 186 g/mol. The number of aliphatic hydroxyl groups is 2. The minimum absolute atomic E-state index is 0.238. The third-order valence-corrected chi connectivity index (χ3v) is 2.26. The first-order chi connectivity index (χ1) is 6.77. The van der Waals surface area contributed by atoms with Gasteiger partial charge in [0.1, 0.15) is 6.10 Å². The minimum atomic E-state index is -0.576. The Bertz CT molecular complexity index is 176. The van der Waals surface area contributed by atoms with Crippen molar-refractivity contribution in [2.24, 2.45) is 0 Å². The molecule has 5 heteroatoms. The lowest BCUT2D eigenvalue weighted by Crippen LogP contribution is -2.46. The summed E-state index contributed by atoms with van der Waals surface area (Å²) in [7, 11) is 0. The molecule has 1 aliphatic rings. The van der Waals surface area contributed by atoms with Crippen molar-refractivity contribution < 1.29 is 19.7 Å². The number of nitrogens with one attached hydrogen (secondary N) is 1. The van der Waals surface area contributed by atoms with Crippen LogP contribution in [0.3, 0.4) is 0 Å². The molecule has 3 N–H and O–H groups in total. The lowest BCUT2D eigenvalue weighted by molar-refractivity contribution is -0.136. The van der Waals surface area contributed by atoms with Crippen LogP contribution in [0.1, 0.15) is 19.3 Å². The molecule has 1 amide bonds. The first-order valence-electron chi connectivity index (χ1n) is 4.91. The molecule has 0 bridgehead atoms. The van der Waals surface area contributed by atoms with E-state index < -0.39 is 12.1 Å². The van der Waals surface area contributed by atoms with Gasteiger partial charge in [-0.25, -0.2) is 0 Å². The minimum Gasteiger partial charge on any atom is -0.394 e. The zero-order chi connectivity index (χ0) is 10.4. The maximum atomic E-state index is 11.5. The number of hydrogen-bond acceptors (Lipinski definition) is 4. The van der Waals surface area contributed by atoms with E-state index in [0.717, 1.165) is 19.3 Å². The van der Waals surface area contributed by atoms with Gasteiger partial charge in [0.2, 0.25) is 5.91 Å². The van der Waals surface area contributed by atoms with Crippen LogP contribution < -0.4 is 5.32 Å². The van der Waals surface area contributed by atoms with Crippen LogP contribution >= 0.6 is 0 Å². The van der Waals surface area contributed by atoms with Gasteiger partial charge in [0, 0.05) is 6.61 Å². The lowest BCUT2D eigenvalue weighted by atomic mass is 10.1. The summed E-state index contributed by atoms with van der Waals surface area (Å²) in [6.07, 6.45) is 2.29. The summed E-state index contributed by atoms with van der Waals surface area (Å²) in [5.41, 5.74) is 0. The van der Waals surface area contributed by atoms with Crippen LogP contribution in [0.15, 0.2) is 0 Å². The van der Waals surface area contributed by atoms with E-state index in [2.05, 4.69) is 5.32 Å². The standard InChI is InChI=1S/C9H17NO4/c11-5-7(6-12)10-9(13)8-3-1-2-4-14-8/h7-8,11-12H,1-6H2,(H,10,13). The van der Waals surface area contributed by atoms with Crippen LogP contribution in [0.5, 0.6) is 0 Å². The van der Waals surface area contributed by atoms with Gasteiger partial charge >= 0.3 is 0 Å². The second kappa shape index (κ2) is 5.95. The molecule has 82 valence electrons. The normalized spacial score (nSPS) is 22.4. The van der Waals surface area contributed by atoms with E-state index in [-0.39, 0.29) is 19.1 Å². The van der Waals surface area contributed by atoms with Gasteiger partial charge in [-0.2, -0.15) is 0 Å². The largest absolute Gasteiger partial charge is 0.394 e. The number of ether oxygens (including phenoxy) is 1. The Morgan fingerprint density at radius 2 is 2.14 bits per heavy atom. The highest BCUT2D eigenvalue weighted by Gasteiger charge is 2.23. The summed E-state index contributed by atoms with van der Waals surface area (Å²) in [5.74, 6) is -0.238. The highest BCUT2D eigenvalue weighted by atomic mass is 16.5. The maximum absolute atomic E-state index is 11.5. The molecule has 1 unspecified atom stereocenters. The summed E-state index contributed by atoms with van der Waals surface area (Å²) < 4.78 is 5.25. The molecular formula is C9H17NO4. The topological polar surface area (TPSA) is 78.8 Å². The summed E-state index contributed by atoms with van der Waals surface area (Å²) in [6.45, 7) is 0.102. The average Bonchev–Trinajstić information content (AvgIpc) is 2.26. The third-order valence-electron chi connectivity index (χ3n) is 2.26. The van der Waals surface area contributed by atoms with Crippen molar-refractivity contribution >= 4 is 5.91 Å². The van der Waals surface area contributed by atoms with Gasteiger partial charge < -0.3 is 20.3 Å². The molecule has 14 heavy (non-hydrogen) atoms. The van der Waals surface area contributed by atoms with Gasteiger partial charge in [-0.3, -0.25) is 4.79 Å². The van der Waals surface area contributed by atoms with Crippen molar-refractivity contribution in [2.45, 2.75) is 31.4 Å². The van der Waals surface area contributed by atoms with E-state index in [9.17, 15) is 4.79 Å². The van der Waals surface area contributed by atoms with Gasteiger partial charge in [-0.15, -0.1) is 0 Å². The monoisotopic (exact) mass is 203 g/mol. The van der Waals surface area contributed by atoms with Crippen molar-refractivity contribution in [3.8, 4) is 0 Å². The molecule has 5 nitrogen and oxygen atoms in total. The van der Waals surface area contributed by atoms with Crippen molar-refractivity contribution in [1.82, 2.24) is 5.32 Å². The molecule has 1 fully saturated rings. The van der Waals surface area contributed by atoms with E-state index in [4.69, 9.17) is 14.9 Å². The van der Waals surface area contributed by atoms with E-state index in [1.165, 1.54) is 0 Å². The quantitative estimate of drug-likeness (QED) is 0.549. The SMILES string of the molecule is O=C(NC(CO)CO)C1CCCCO1. The first kappa shape index (κ1) is 11.4. The highest BCUT2D eigenvalue weighted by Crippen LogP contribution is 2.12. The van der Waals surface area contributed by atoms with Gasteiger partial charge in [0.25, 0.3) is 0 Å². The molecule has 1 atom stereocenters. The molecule has 0 saturated carbocycles. The predicted molar refractivity (Wildman–Crippen MR) is 49.7 cm³/mol. The molecule has 0 aliphatic carbocycles. The fourth-order valence-electron chi connectivity index (χ4n) is 1.39. The molecule has 0 spiro atoms. The van der Waals surface area contributed by atoms with E-state index in [1.54, 1.807) is 0 Å². The highest BCUT2D eigenvalue weighted by molar-refractivity contribution is 5.81. The summed E-state index contributed by atoms with van der Waals surface area (Å²) in [4.78, 5) is 11.5. The smallest absolute Gasteiger partial charge is 0.249 e.